The molecule has 1 aliphatic heterocycles. The fraction of sp³-hybridized carbons (Fsp3) is 0.333. The van der Waals surface area contributed by atoms with Gasteiger partial charge in [-0.15, -0.1) is 0 Å². The van der Waals surface area contributed by atoms with Crippen LogP contribution in [-0.4, -0.2) is 28.3 Å². The molecule has 8 heteroatoms. The van der Waals surface area contributed by atoms with Crippen LogP contribution in [-0.2, 0) is 7.05 Å². The molecule has 1 aliphatic rings. The summed E-state index contributed by atoms with van der Waals surface area (Å²) in [6, 6.07) is 4.89. The van der Waals surface area contributed by atoms with Crippen LogP contribution in [0.3, 0.4) is 0 Å². The number of rotatable bonds is 2. The van der Waals surface area contributed by atoms with Gasteiger partial charge in [0.1, 0.15) is 17.5 Å². The fourth-order valence-electron chi connectivity index (χ4n) is 2.62. The number of ether oxygens (including phenoxy) is 1. The molecule has 1 atom stereocenters. The SMILES string of the molecule is CC1CN(C(=O)c2cnn(C)c2C(F)F)c2cc(Cl)ccc2O1. The fourth-order valence-corrected chi connectivity index (χ4v) is 2.79. The van der Waals surface area contributed by atoms with Gasteiger partial charge in [0.25, 0.3) is 12.3 Å². The monoisotopic (exact) mass is 341 g/mol. The molecule has 0 bridgehead atoms. The number of hydrogen-bond donors (Lipinski definition) is 0. The molecule has 0 fully saturated rings. The summed E-state index contributed by atoms with van der Waals surface area (Å²) in [5.74, 6) is -0.0592. The van der Waals surface area contributed by atoms with Gasteiger partial charge in [0, 0.05) is 12.1 Å². The summed E-state index contributed by atoms with van der Waals surface area (Å²) in [7, 11) is 1.38. The number of aryl methyl sites for hydroxylation is 1. The lowest BCUT2D eigenvalue weighted by molar-refractivity contribution is 0.0944. The Morgan fingerprint density at radius 1 is 1.48 bits per heavy atom. The highest BCUT2D eigenvalue weighted by atomic mass is 35.5. The summed E-state index contributed by atoms with van der Waals surface area (Å²) in [4.78, 5) is 14.2. The second-order valence-electron chi connectivity index (χ2n) is 5.32. The lowest BCUT2D eigenvalue weighted by Crippen LogP contribution is -2.42. The van der Waals surface area contributed by atoms with Gasteiger partial charge in [-0.3, -0.25) is 9.48 Å². The first-order valence-electron chi connectivity index (χ1n) is 6.96. The Morgan fingerprint density at radius 2 is 2.22 bits per heavy atom. The van der Waals surface area contributed by atoms with Crippen LogP contribution < -0.4 is 9.64 Å². The van der Waals surface area contributed by atoms with E-state index in [0.29, 0.717) is 16.5 Å². The van der Waals surface area contributed by atoms with Gasteiger partial charge in [0.2, 0.25) is 0 Å². The molecule has 3 rings (SSSR count). The third-order valence-corrected chi connectivity index (χ3v) is 3.88. The molecule has 2 aromatic rings. The number of anilines is 1. The van der Waals surface area contributed by atoms with Gasteiger partial charge in [-0.2, -0.15) is 5.10 Å². The van der Waals surface area contributed by atoms with Crippen LogP contribution >= 0.6 is 11.6 Å². The Hall–Kier alpha value is -2.15. The Bertz CT molecular complexity index is 763. The molecule has 1 aromatic carbocycles. The number of alkyl halides is 2. The van der Waals surface area contributed by atoms with E-state index in [1.807, 2.05) is 0 Å². The smallest absolute Gasteiger partial charge is 0.280 e. The van der Waals surface area contributed by atoms with Crippen molar-refractivity contribution < 1.29 is 18.3 Å². The largest absolute Gasteiger partial charge is 0.487 e. The van der Waals surface area contributed by atoms with E-state index in [1.54, 1.807) is 25.1 Å². The van der Waals surface area contributed by atoms with Crippen molar-refractivity contribution in [2.75, 3.05) is 11.4 Å². The maximum Gasteiger partial charge on any atom is 0.280 e. The Kier molecular flexibility index (Phi) is 3.97. The van der Waals surface area contributed by atoms with E-state index in [4.69, 9.17) is 16.3 Å². The number of aromatic nitrogens is 2. The molecular weight excluding hydrogens is 328 g/mol. The van der Waals surface area contributed by atoms with Crippen LogP contribution in [0.2, 0.25) is 5.02 Å². The molecule has 122 valence electrons. The van der Waals surface area contributed by atoms with Gasteiger partial charge in [0.15, 0.2) is 0 Å². The van der Waals surface area contributed by atoms with Crippen molar-refractivity contribution in [3.05, 3.63) is 40.7 Å². The van der Waals surface area contributed by atoms with E-state index >= 15 is 0 Å². The molecule has 0 aliphatic carbocycles. The lowest BCUT2D eigenvalue weighted by Gasteiger charge is -2.33. The third kappa shape index (κ3) is 2.76. The van der Waals surface area contributed by atoms with Crippen molar-refractivity contribution in [2.24, 2.45) is 7.05 Å². The molecule has 0 saturated carbocycles. The standard InChI is InChI=1S/C15H14ClF2N3O2/c1-8-7-21(11-5-9(16)3-4-12(11)23-8)15(22)10-6-19-20(2)13(10)14(17)18/h3-6,8,14H,7H2,1-2H3. The number of fused-ring (bicyclic) bond motifs is 1. The van der Waals surface area contributed by atoms with Crippen LogP contribution in [0, 0.1) is 0 Å². The van der Waals surface area contributed by atoms with E-state index in [1.165, 1.54) is 11.9 Å². The summed E-state index contributed by atoms with van der Waals surface area (Å²) >= 11 is 5.98. The zero-order chi connectivity index (χ0) is 16.7. The average molecular weight is 342 g/mol. The topological polar surface area (TPSA) is 47.4 Å². The number of amides is 1. The van der Waals surface area contributed by atoms with Crippen molar-refractivity contribution in [3.8, 4) is 5.75 Å². The summed E-state index contributed by atoms with van der Waals surface area (Å²) in [6.45, 7) is 2.04. The minimum atomic E-state index is -2.79. The number of benzene rings is 1. The molecule has 1 aromatic heterocycles. The number of carbonyl (C=O) groups is 1. The highest BCUT2D eigenvalue weighted by Gasteiger charge is 2.32. The number of hydrogen-bond acceptors (Lipinski definition) is 3. The van der Waals surface area contributed by atoms with Gasteiger partial charge in [-0.25, -0.2) is 8.78 Å². The minimum absolute atomic E-state index is 0.123. The molecule has 1 amide bonds. The predicted molar refractivity (Wildman–Crippen MR) is 81.4 cm³/mol. The predicted octanol–water partition coefficient (Wildman–Crippen LogP) is 3.44. The summed E-state index contributed by atoms with van der Waals surface area (Å²) < 4.78 is 33.1. The van der Waals surface area contributed by atoms with Gasteiger partial charge < -0.3 is 9.64 Å². The first kappa shape index (κ1) is 15.7. The van der Waals surface area contributed by atoms with E-state index in [2.05, 4.69) is 5.10 Å². The molecule has 2 heterocycles. The summed E-state index contributed by atoms with van der Waals surface area (Å²) in [5.41, 5.74) is -0.0649. The molecule has 1 unspecified atom stereocenters. The zero-order valence-electron chi connectivity index (χ0n) is 12.5. The van der Waals surface area contributed by atoms with E-state index in [0.717, 1.165) is 10.9 Å². The van der Waals surface area contributed by atoms with Crippen molar-refractivity contribution in [1.29, 1.82) is 0 Å². The van der Waals surface area contributed by atoms with Crippen LogP contribution in [0.25, 0.3) is 0 Å². The van der Waals surface area contributed by atoms with Crippen molar-refractivity contribution in [2.45, 2.75) is 19.5 Å². The second-order valence-corrected chi connectivity index (χ2v) is 5.76. The molecule has 5 nitrogen and oxygen atoms in total. The van der Waals surface area contributed by atoms with Gasteiger partial charge in [0.05, 0.1) is 24.0 Å². The van der Waals surface area contributed by atoms with E-state index in [9.17, 15) is 13.6 Å². The number of carbonyl (C=O) groups excluding carboxylic acids is 1. The quantitative estimate of drug-likeness (QED) is 0.840. The highest BCUT2D eigenvalue weighted by molar-refractivity contribution is 6.31. The van der Waals surface area contributed by atoms with Crippen LogP contribution in [0.15, 0.2) is 24.4 Å². The highest BCUT2D eigenvalue weighted by Crippen LogP contribution is 2.37. The van der Waals surface area contributed by atoms with Crippen LogP contribution in [0.1, 0.15) is 29.4 Å². The van der Waals surface area contributed by atoms with Gasteiger partial charge in [-0.05, 0) is 25.1 Å². The number of nitrogens with zero attached hydrogens (tertiary/aromatic N) is 3. The van der Waals surface area contributed by atoms with Gasteiger partial charge >= 0.3 is 0 Å². The molecule has 0 radical (unpaired) electrons. The van der Waals surface area contributed by atoms with Crippen molar-refractivity contribution in [3.63, 3.8) is 0 Å². The van der Waals surface area contributed by atoms with Crippen molar-refractivity contribution >= 4 is 23.2 Å². The summed E-state index contributed by atoms with van der Waals surface area (Å²) in [6.07, 6.45) is -1.90. The first-order valence-corrected chi connectivity index (χ1v) is 7.34. The maximum absolute atomic E-state index is 13.2. The van der Waals surface area contributed by atoms with Crippen LogP contribution in [0.5, 0.6) is 5.75 Å². The Balaban J connectivity index is 2.06. The maximum atomic E-state index is 13.2. The molecule has 0 spiro atoms. The van der Waals surface area contributed by atoms with Gasteiger partial charge in [-0.1, -0.05) is 11.6 Å². The third-order valence-electron chi connectivity index (χ3n) is 3.65. The Morgan fingerprint density at radius 3 is 2.91 bits per heavy atom. The molecular formula is C15H14ClF2N3O2. The number of halogens is 3. The minimum Gasteiger partial charge on any atom is -0.487 e. The second kappa shape index (κ2) is 5.81. The first-order chi connectivity index (χ1) is 10.9. The average Bonchev–Trinajstić information content (AvgIpc) is 2.88. The molecule has 23 heavy (non-hydrogen) atoms. The molecule has 0 saturated heterocycles. The van der Waals surface area contributed by atoms with Crippen molar-refractivity contribution in [1.82, 2.24) is 9.78 Å². The summed E-state index contributed by atoms with van der Waals surface area (Å²) in [5, 5.41) is 4.21. The molecule has 0 N–H and O–H groups in total. The van der Waals surface area contributed by atoms with Crippen LogP contribution in [0.4, 0.5) is 14.5 Å². The Labute approximate surface area is 136 Å². The normalized spacial score (nSPS) is 17.1. The lowest BCUT2D eigenvalue weighted by atomic mass is 10.1. The zero-order valence-corrected chi connectivity index (χ0v) is 13.2. The van der Waals surface area contributed by atoms with E-state index < -0.39 is 18.0 Å². The van der Waals surface area contributed by atoms with E-state index in [-0.39, 0.29) is 18.2 Å².